The van der Waals surface area contributed by atoms with Gasteiger partial charge in [-0.15, -0.1) is 0 Å². The molecule has 4 heteroatoms. The van der Waals surface area contributed by atoms with Crippen molar-refractivity contribution < 1.29 is 14.9 Å². The van der Waals surface area contributed by atoms with Gasteiger partial charge in [-0.1, -0.05) is 0 Å². The fourth-order valence-electron chi connectivity index (χ4n) is 0.921. The molecule has 3 atom stereocenters. The highest BCUT2D eigenvalue weighted by molar-refractivity contribution is 4.79. The molecule has 0 aromatic heterocycles. The van der Waals surface area contributed by atoms with Crippen LogP contribution in [0.25, 0.3) is 0 Å². The van der Waals surface area contributed by atoms with E-state index in [1.54, 1.807) is 0 Å². The highest BCUT2D eigenvalue weighted by Crippen LogP contribution is 2.15. The maximum Gasteiger partial charge on any atom is 0.156 e. The van der Waals surface area contributed by atoms with Gasteiger partial charge in [-0.05, 0) is 0 Å². The van der Waals surface area contributed by atoms with Crippen LogP contribution in [0.2, 0.25) is 0 Å². The lowest BCUT2D eigenvalue weighted by molar-refractivity contribution is -0.102. The summed E-state index contributed by atoms with van der Waals surface area (Å²) in [4.78, 5) is 0. The third-order valence-electron chi connectivity index (χ3n) is 1.46. The van der Waals surface area contributed by atoms with Gasteiger partial charge < -0.3 is 20.7 Å². The van der Waals surface area contributed by atoms with E-state index in [1.165, 1.54) is 0 Å². The summed E-state index contributed by atoms with van der Waals surface area (Å²) in [6.45, 7) is -0.113. The van der Waals surface area contributed by atoms with E-state index in [1.807, 2.05) is 0 Å². The zero-order chi connectivity index (χ0) is 6.85. The molecule has 0 aromatic rings. The Kier molecular flexibility index (Phi) is 2.02. The Morgan fingerprint density at radius 2 is 2.33 bits per heavy atom. The summed E-state index contributed by atoms with van der Waals surface area (Å²) >= 11 is 0. The van der Waals surface area contributed by atoms with Crippen LogP contribution in [0.5, 0.6) is 0 Å². The summed E-state index contributed by atoms with van der Waals surface area (Å²) in [5.41, 5.74) is 5.43. The van der Waals surface area contributed by atoms with Gasteiger partial charge in [0, 0.05) is 12.5 Å². The smallest absolute Gasteiger partial charge is 0.156 e. The monoisotopic (exact) mass is 133 g/mol. The average Bonchev–Trinajstić information content (AvgIpc) is 2.10. The van der Waals surface area contributed by atoms with Gasteiger partial charge in [0.2, 0.25) is 0 Å². The van der Waals surface area contributed by atoms with Crippen molar-refractivity contribution >= 4 is 0 Å². The minimum atomic E-state index is -0.780. The Morgan fingerprint density at radius 3 is 2.56 bits per heavy atom. The predicted molar refractivity (Wildman–Crippen MR) is 30.6 cm³/mol. The molecule has 1 saturated heterocycles. The quantitative estimate of drug-likeness (QED) is 0.403. The first-order valence-electron chi connectivity index (χ1n) is 2.94. The summed E-state index contributed by atoms with van der Waals surface area (Å²) in [6.07, 6.45) is -0.734. The average molecular weight is 133 g/mol. The molecule has 0 amide bonds. The number of nitrogens with two attached hydrogens (primary N) is 1. The Bertz CT molecular complexity index is 98.2. The Labute approximate surface area is 53.2 Å². The SMILES string of the molecule is NC1CC(O)OC1CO. The van der Waals surface area contributed by atoms with Crippen LogP contribution in [0.4, 0.5) is 0 Å². The van der Waals surface area contributed by atoms with Gasteiger partial charge in [0.05, 0.1) is 12.7 Å². The summed E-state index contributed by atoms with van der Waals surface area (Å²) in [7, 11) is 0. The first kappa shape index (κ1) is 6.95. The van der Waals surface area contributed by atoms with Crippen LogP contribution in [-0.4, -0.2) is 35.3 Å². The number of hydrogen-bond donors (Lipinski definition) is 3. The maximum atomic E-state index is 8.79. The van der Waals surface area contributed by atoms with E-state index < -0.39 is 6.29 Å². The van der Waals surface area contributed by atoms with Crippen molar-refractivity contribution in [1.29, 1.82) is 0 Å². The molecule has 1 aliphatic heterocycles. The van der Waals surface area contributed by atoms with Crippen LogP contribution in [0.1, 0.15) is 6.42 Å². The molecule has 0 saturated carbocycles. The maximum absolute atomic E-state index is 8.79. The first-order chi connectivity index (χ1) is 4.24. The van der Waals surface area contributed by atoms with E-state index >= 15 is 0 Å². The summed E-state index contributed by atoms with van der Waals surface area (Å²) < 4.78 is 4.80. The second kappa shape index (κ2) is 2.62. The van der Waals surface area contributed by atoms with Gasteiger partial charge in [0.15, 0.2) is 6.29 Å². The molecule has 1 heterocycles. The molecule has 54 valence electrons. The molecular weight excluding hydrogens is 122 g/mol. The normalized spacial score (nSPS) is 43.7. The lowest BCUT2D eigenvalue weighted by atomic mass is 10.2. The molecule has 0 aliphatic carbocycles. The molecule has 4 nitrogen and oxygen atoms in total. The molecule has 3 unspecified atom stereocenters. The van der Waals surface area contributed by atoms with Crippen LogP contribution in [0.15, 0.2) is 0 Å². The van der Waals surface area contributed by atoms with Crippen LogP contribution < -0.4 is 5.73 Å². The summed E-state index contributed by atoms with van der Waals surface area (Å²) in [5.74, 6) is 0. The Morgan fingerprint density at radius 1 is 1.67 bits per heavy atom. The van der Waals surface area contributed by atoms with Crippen molar-refractivity contribution in [3.8, 4) is 0 Å². The lowest BCUT2D eigenvalue weighted by Gasteiger charge is -2.08. The minimum absolute atomic E-state index is 0.113. The van der Waals surface area contributed by atoms with E-state index in [9.17, 15) is 0 Å². The zero-order valence-electron chi connectivity index (χ0n) is 5.03. The standard InChI is InChI=1S/C5H11NO3/c6-3-1-5(8)9-4(3)2-7/h3-5,7-8H,1-2,6H2. The highest BCUT2D eigenvalue weighted by Gasteiger charge is 2.30. The molecule has 9 heavy (non-hydrogen) atoms. The summed E-state index contributed by atoms with van der Waals surface area (Å²) in [5, 5.41) is 17.3. The second-order valence-corrected chi connectivity index (χ2v) is 2.21. The molecule has 0 radical (unpaired) electrons. The van der Waals surface area contributed by atoms with E-state index in [0.29, 0.717) is 6.42 Å². The fraction of sp³-hybridized carbons (Fsp3) is 1.00. The minimum Gasteiger partial charge on any atom is -0.394 e. The van der Waals surface area contributed by atoms with Crippen LogP contribution >= 0.6 is 0 Å². The second-order valence-electron chi connectivity index (χ2n) is 2.21. The van der Waals surface area contributed by atoms with E-state index in [-0.39, 0.29) is 18.8 Å². The molecule has 0 aromatic carbocycles. The number of aliphatic hydroxyl groups is 2. The summed E-state index contributed by atoms with van der Waals surface area (Å²) in [6, 6.07) is -0.218. The molecule has 1 fully saturated rings. The molecule has 0 spiro atoms. The Hall–Kier alpha value is -0.160. The lowest BCUT2D eigenvalue weighted by Crippen LogP contribution is -2.32. The Balaban J connectivity index is 2.38. The third-order valence-corrected chi connectivity index (χ3v) is 1.46. The number of aliphatic hydroxyl groups excluding tert-OH is 2. The third kappa shape index (κ3) is 1.40. The van der Waals surface area contributed by atoms with Crippen LogP contribution in [0, 0.1) is 0 Å². The van der Waals surface area contributed by atoms with Crippen molar-refractivity contribution in [2.24, 2.45) is 5.73 Å². The van der Waals surface area contributed by atoms with Gasteiger partial charge in [0.1, 0.15) is 0 Å². The van der Waals surface area contributed by atoms with E-state index in [0.717, 1.165) is 0 Å². The highest BCUT2D eigenvalue weighted by atomic mass is 16.6. The van der Waals surface area contributed by atoms with Gasteiger partial charge in [0.25, 0.3) is 0 Å². The van der Waals surface area contributed by atoms with Gasteiger partial charge in [-0.25, -0.2) is 0 Å². The predicted octanol–water partition coefficient (Wildman–Crippen LogP) is -1.59. The van der Waals surface area contributed by atoms with Crippen LogP contribution in [0.3, 0.4) is 0 Å². The molecule has 4 N–H and O–H groups in total. The van der Waals surface area contributed by atoms with E-state index in [2.05, 4.69) is 0 Å². The first-order valence-corrected chi connectivity index (χ1v) is 2.94. The molecule has 0 bridgehead atoms. The molecule has 1 rings (SSSR count). The zero-order valence-corrected chi connectivity index (χ0v) is 5.03. The topological polar surface area (TPSA) is 75.7 Å². The van der Waals surface area contributed by atoms with Crippen molar-refractivity contribution in [2.75, 3.05) is 6.61 Å². The van der Waals surface area contributed by atoms with Crippen molar-refractivity contribution in [1.82, 2.24) is 0 Å². The molecule has 1 aliphatic rings. The van der Waals surface area contributed by atoms with E-state index in [4.69, 9.17) is 20.7 Å². The number of ether oxygens (including phenoxy) is 1. The largest absolute Gasteiger partial charge is 0.394 e. The van der Waals surface area contributed by atoms with Crippen molar-refractivity contribution in [3.63, 3.8) is 0 Å². The van der Waals surface area contributed by atoms with Gasteiger partial charge in [-0.2, -0.15) is 0 Å². The number of hydrogen-bond acceptors (Lipinski definition) is 4. The van der Waals surface area contributed by atoms with Crippen molar-refractivity contribution in [2.45, 2.75) is 24.9 Å². The molecular formula is C5H11NO3. The van der Waals surface area contributed by atoms with Crippen molar-refractivity contribution in [3.05, 3.63) is 0 Å². The van der Waals surface area contributed by atoms with Crippen LogP contribution in [-0.2, 0) is 4.74 Å². The van der Waals surface area contributed by atoms with Gasteiger partial charge >= 0.3 is 0 Å². The van der Waals surface area contributed by atoms with Gasteiger partial charge in [-0.3, -0.25) is 0 Å². The fourth-order valence-corrected chi connectivity index (χ4v) is 0.921. The number of rotatable bonds is 1.